The summed E-state index contributed by atoms with van der Waals surface area (Å²) >= 11 is 12.2. The number of hydrogen-bond acceptors (Lipinski definition) is 4. The number of carbonyl (C=O) groups excluding carboxylic acids is 2. The number of aliphatic hydroxyl groups is 1. The van der Waals surface area contributed by atoms with Gasteiger partial charge in [0, 0.05) is 24.7 Å². The Morgan fingerprint density at radius 3 is 2.51 bits per heavy atom. The Kier molecular flexibility index (Phi) is 7.83. The lowest BCUT2D eigenvalue weighted by Gasteiger charge is -2.15. The van der Waals surface area contributed by atoms with E-state index in [-0.39, 0.29) is 28.7 Å². The first-order chi connectivity index (χ1) is 18.8. The smallest absolute Gasteiger partial charge is 0.324 e. The maximum Gasteiger partial charge on any atom is 0.324 e. The van der Waals surface area contributed by atoms with Crippen LogP contribution in [0.15, 0.2) is 72.8 Å². The number of aliphatic hydroxyl groups excluding tert-OH is 1. The van der Waals surface area contributed by atoms with Crippen LogP contribution in [-0.4, -0.2) is 50.9 Å². The molecule has 8 nitrogen and oxygen atoms in total. The topological polar surface area (TPSA) is 99.5 Å². The van der Waals surface area contributed by atoms with Crippen LogP contribution in [0.25, 0.3) is 16.9 Å². The molecule has 2 heterocycles. The molecule has 0 saturated carbocycles. The maximum absolute atomic E-state index is 14.6. The van der Waals surface area contributed by atoms with Crippen LogP contribution in [0.5, 0.6) is 0 Å². The second kappa shape index (κ2) is 11.4. The minimum absolute atomic E-state index is 0.0565. The minimum Gasteiger partial charge on any atom is -0.391 e. The largest absolute Gasteiger partial charge is 0.391 e. The summed E-state index contributed by atoms with van der Waals surface area (Å²) in [4.78, 5) is 27.1. The van der Waals surface area contributed by atoms with E-state index in [1.165, 1.54) is 10.7 Å². The number of nitrogens with one attached hydrogen (secondary N) is 2. The Labute approximate surface area is 234 Å². The molecule has 1 unspecified atom stereocenters. The highest BCUT2D eigenvalue weighted by Gasteiger charge is 2.24. The molecular formula is C28H24Cl2FN5O3. The predicted octanol–water partition coefficient (Wildman–Crippen LogP) is 5.76. The number of halogens is 3. The van der Waals surface area contributed by atoms with E-state index < -0.39 is 18.0 Å². The molecule has 0 radical (unpaired) electrons. The van der Waals surface area contributed by atoms with Gasteiger partial charge in [-0.1, -0.05) is 53.5 Å². The fraction of sp³-hybridized carbons (Fsp3) is 0.179. The van der Waals surface area contributed by atoms with E-state index in [1.807, 2.05) is 0 Å². The highest BCUT2D eigenvalue weighted by atomic mass is 35.5. The Balaban J connectivity index is 1.41. The maximum atomic E-state index is 14.6. The molecule has 1 aliphatic heterocycles. The molecule has 4 aromatic rings. The minimum atomic E-state index is -0.601. The fourth-order valence-electron chi connectivity index (χ4n) is 4.35. The molecule has 1 saturated heterocycles. The van der Waals surface area contributed by atoms with Crippen molar-refractivity contribution in [3.63, 3.8) is 0 Å². The summed E-state index contributed by atoms with van der Waals surface area (Å²) in [6, 6.07) is 19.2. The summed E-state index contributed by atoms with van der Waals surface area (Å²) in [5.41, 5.74) is 2.28. The number of rotatable bonds is 6. The van der Waals surface area contributed by atoms with Gasteiger partial charge in [0.1, 0.15) is 11.6 Å². The van der Waals surface area contributed by atoms with Gasteiger partial charge < -0.3 is 15.3 Å². The predicted molar refractivity (Wildman–Crippen MR) is 149 cm³/mol. The number of likely N-dealkylation sites (tertiary alicyclic amines) is 1. The molecule has 3 amide bonds. The van der Waals surface area contributed by atoms with E-state index in [0.717, 1.165) is 5.56 Å². The molecule has 3 N–H and O–H groups in total. The molecule has 39 heavy (non-hydrogen) atoms. The molecule has 1 aliphatic rings. The average Bonchev–Trinajstić information content (AvgIpc) is 3.54. The van der Waals surface area contributed by atoms with Crippen LogP contribution in [0.1, 0.15) is 12.0 Å². The summed E-state index contributed by atoms with van der Waals surface area (Å²) in [5, 5.41) is 20.1. The molecule has 3 aromatic carbocycles. The van der Waals surface area contributed by atoms with E-state index in [0.29, 0.717) is 41.6 Å². The quantitative estimate of drug-likeness (QED) is 0.275. The highest BCUT2D eigenvalue weighted by molar-refractivity contribution is 6.44. The second-order valence-corrected chi connectivity index (χ2v) is 9.90. The third-order valence-electron chi connectivity index (χ3n) is 6.35. The van der Waals surface area contributed by atoms with Crippen molar-refractivity contribution < 1.29 is 19.1 Å². The molecule has 5 rings (SSSR count). The van der Waals surface area contributed by atoms with Gasteiger partial charge in [0.2, 0.25) is 5.91 Å². The van der Waals surface area contributed by atoms with Crippen LogP contribution in [0.2, 0.25) is 10.0 Å². The molecule has 11 heteroatoms. The molecule has 0 aliphatic carbocycles. The molecular weight excluding hydrogens is 544 g/mol. The van der Waals surface area contributed by atoms with Gasteiger partial charge in [-0.05, 0) is 48.4 Å². The zero-order valence-corrected chi connectivity index (χ0v) is 22.1. The highest BCUT2D eigenvalue weighted by Crippen LogP contribution is 2.30. The number of benzene rings is 3. The van der Waals surface area contributed by atoms with Gasteiger partial charge in [0.05, 0.1) is 39.6 Å². The first-order valence-electron chi connectivity index (χ1n) is 12.2. The van der Waals surface area contributed by atoms with Gasteiger partial charge in [-0.3, -0.25) is 10.1 Å². The standard InChI is InChI=1S/C28H24Cl2FN5O3/c29-21-5-3-7-23(27(21)30)32-28(39)33-25-15-24(20-4-1-2-6-22(20)31)34-36(25)18-10-8-17(9-11-18)14-26(38)35-13-12-19(37)16-35/h1-11,15,19,37H,12-14,16H2,(H2,32,33,39). The fourth-order valence-corrected chi connectivity index (χ4v) is 4.70. The number of hydrogen-bond donors (Lipinski definition) is 3. The molecule has 0 bridgehead atoms. The van der Waals surface area contributed by atoms with Crippen molar-refractivity contribution in [2.24, 2.45) is 0 Å². The number of carbonyl (C=O) groups is 2. The van der Waals surface area contributed by atoms with Crippen molar-refractivity contribution in [3.05, 3.63) is 94.2 Å². The van der Waals surface area contributed by atoms with Crippen LogP contribution < -0.4 is 10.6 Å². The Morgan fingerprint density at radius 1 is 1.03 bits per heavy atom. The van der Waals surface area contributed by atoms with Gasteiger partial charge in [-0.25, -0.2) is 13.9 Å². The summed E-state index contributed by atoms with van der Waals surface area (Å²) in [7, 11) is 0. The zero-order valence-electron chi connectivity index (χ0n) is 20.6. The first kappa shape index (κ1) is 26.7. The van der Waals surface area contributed by atoms with E-state index in [4.69, 9.17) is 23.2 Å². The van der Waals surface area contributed by atoms with Crippen LogP contribution in [0, 0.1) is 5.82 Å². The molecule has 1 atom stereocenters. The summed E-state index contributed by atoms with van der Waals surface area (Å²) in [6.45, 7) is 0.891. The average molecular weight is 568 g/mol. The summed E-state index contributed by atoms with van der Waals surface area (Å²) in [5.74, 6) is -0.234. The van der Waals surface area contributed by atoms with Crippen molar-refractivity contribution in [2.75, 3.05) is 23.7 Å². The van der Waals surface area contributed by atoms with Crippen molar-refractivity contribution in [1.82, 2.24) is 14.7 Å². The molecule has 200 valence electrons. The van der Waals surface area contributed by atoms with Crippen LogP contribution in [-0.2, 0) is 11.2 Å². The number of nitrogens with zero attached hydrogens (tertiary/aromatic N) is 3. The number of urea groups is 1. The Hall–Kier alpha value is -3.92. The SMILES string of the molecule is O=C(Nc1cccc(Cl)c1Cl)Nc1cc(-c2ccccc2F)nn1-c1ccc(CC(=O)N2CCC(O)C2)cc1. The van der Waals surface area contributed by atoms with E-state index in [9.17, 15) is 19.1 Å². The number of aromatic nitrogens is 2. The normalized spacial score (nSPS) is 14.9. The van der Waals surface area contributed by atoms with Crippen molar-refractivity contribution in [1.29, 1.82) is 0 Å². The van der Waals surface area contributed by atoms with Crippen LogP contribution in [0.3, 0.4) is 0 Å². The summed E-state index contributed by atoms with van der Waals surface area (Å²) in [6.07, 6.45) is 0.305. The second-order valence-electron chi connectivity index (χ2n) is 9.11. The van der Waals surface area contributed by atoms with Gasteiger partial charge >= 0.3 is 6.03 Å². The summed E-state index contributed by atoms with van der Waals surface area (Å²) < 4.78 is 16.0. The van der Waals surface area contributed by atoms with Crippen molar-refractivity contribution in [2.45, 2.75) is 18.9 Å². The lowest BCUT2D eigenvalue weighted by molar-refractivity contribution is -0.129. The van der Waals surface area contributed by atoms with E-state index in [1.54, 1.807) is 71.6 Å². The van der Waals surface area contributed by atoms with Crippen LogP contribution in [0.4, 0.5) is 20.7 Å². The van der Waals surface area contributed by atoms with Gasteiger partial charge in [0.25, 0.3) is 0 Å². The lowest BCUT2D eigenvalue weighted by Crippen LogP contribution is -2.30. The van der Waals surface area contributed by atoms with E-state index in [2.05, 4.69) is 15.7 Å². The van der Waals surface area contributed by atoms with Crippen molar-refractivity contribution >= 4 is 46.6 Å². The first-order valence-corrected chi connectivity index (χ1v) is 13.0. The van der Waals surface area contributed by atoms with Gasteiger partial charge in [0.15, 0.2) is 0 Å². The third-order valence-corrected chi connectivity index (χ3v) is 7.17. The number of β-amino-alcohol motifs (C(OH)–C–C–N with tert-alkyl or cyclic N) is 1. The monoisotopic (exact) mass is 567 g/mol. The number of anilines is 2. The number of amides is 3. The van der Waals surface area contributed by atoms with E-state index >= 15 is 0 Å². The lowest BCUT2D eigenvalue weighted by atomic mass is 10.1. The van der Waals surface area contributed by atoms with Crippen LogP contribution >= 0.6 is 23.2 Å². The molecule has 0 spiro atoms. The zero-order chi connectivity index (χ0) is 27.5. The molecule has 1 fully saturated rings. The van der Waals surface area contributed by atoms with Crippen molar-refractivity contribution in [3.8, 4) is 16.9 Å². The van der Waals surface area contributed by atoms with Gasteiger partial charge in [-0.15, -0.1) is 0 Å². The Morgan fingerprint density at radius 2 is 1.79 bits per heavy atom. The molecule has 1 aromatic heterocycles. The van der Waals surface area contributed by atoms with Gasteiger partial charge in [-0.2, -0.15) is 5.10 Å². The third kappa shape index (κ3) is 6.06. The Bertz CT molecular complexity index is 1530.